The molecule has 3 nitrogen and oxygen atoms in total. The summed E-state index contributed by atoms with van der Waals surface area (Å²) in [6, 6.07) is 14.6. The van der Waals surface area contributed by atoms with Crippen LogP contribution in [0.15, 0.2) is 53.4 Å². The highest BCUT2D eigenvalue weighted by Crippen LogP contribution is 2.20. The fourth-order valence-electron chi connectivity index (χ4n) is 1.93. The summed E-state index contributed by atoms with van der Waals surface area (Å²) in [5.74, 6) is 0. The number of sulfone groups is 1. The van der Waals surface area contributed by atoms with Crippen LogP contribution in [0.2, 0.25) is 5.02 Å². The first-order valence-electron chi connectivity index (χ1n) is 6.24. The lowest BCUT2D eigenvalue weighted by Gasteiger charge is -2.10. The van der Waals surface area contributed by atoms with Gasteiger partial charge < -0.3 is 5.32 Å². The molecule has 0 fully saturated rings. The van der Waals surface area contributed by atoms with Gasteiger partial charge in [0.05, 0.1) is 10.6 Å². The van der Waals surface area contributed by atoms with Gasteiger partial charge in [-0.1, -0.05) is 35.9 Å². The van der Waals surface area contributed by atoms with Crippen molar-refractivity contribution in [3.8, 4) is 0 Å². The number of benzene rings is 2. The Balaban J connectivity index is 2.03. The third-order valence-corrected chi connectivity index (χ3v) is 4.34. The second-order valence-electron chi connectivity index (χ2n) is 4.57. The van der Waals surface area contributed by atoms with Crippen molar-refractivity contribution in [1.82, 2.24) is 0 Å². The lowest BCUT2D eigenvalue weighted by Crippen LogP contribution is -2.09. The van der Waals surface area contributed by atoms with Crippen LogP contribution in [0.5, 0.6) is 0 Å². The van der Waals surface area contributed by atoms with Crippen LogP contribution in [0, 0.1) is 0 Å². The van der Waals surface area contributed by atoms with Crippen molar-refractivity contribution < 1.29 is 8.42 Å². The van der Waals surface area contributed by atoms with E-state index in [1.807, 2.05) is 30.3 Å². The molecule has 0 unspecified atom stereocenters. The molecular weight excluding hydrogens is 294 g/mol. The van der Waals surface area contributed by atoms with Crippen LogP contribution >= 0.6 is 11.6 Å². The Labute approximate surface area is 124 Å². The smallest absolute Gasteiger partial charge is 0.177 e. The summed E-state index contributed by atoms with van der Waals surface area (Å²) in [5, 5.41) is 3.88. The third kappa shape index (κ3) is 3.99. The monoisotopic (exact) mass is 309 g/mol. The lowest BCUT2D eigenvalue weighted by atomic mass is 10.1. The van der Waals surface area contributed by atoms with E-state index in [1.54, 1.807) is 18.2 Å². The number of rotatable bonds is 5. The van der Waals surface area contributed by atoms with Gasteiger partial charge in [0.1, 0.15) is 0 Å². The minimum atomic E-state index is -3.21. The first kappa shape index (κ1) is 14.9. The lowest BCUT2D eigenvalue weighted by molar-refractivity contribution is 0.602. The van der Waals surface area contributed by atoms with E-state index in [0.717, 1.165) is 12.0 Å². The normalized spacial score (nSPS) is 11.3. The fourth-order valence-corrected chi connectivity index (χ4v) is 2.92. The molecule has 2 aromatic rings. The Morgan fingerprint density at radius 2 is 1.70 bits per heavy atom. The first-order valence-corrected chi connectivity index (χ1v) is 8.51. The molecule has 0 aliphatic rings. The predicted octanol–water partition coefficient (Wildman–Crippen LogP) is 3.40. The Hall–Kier alpha value is -1.52. The van der Waals surface area contributed by atoms with Gasteiger partial charge in [-0.15, -0.1) is 0 Å². The number of anilines is 1. The van der Waals surface area contributed by atoms with Gasteiger partial charge in [0.15, 0.2) is 9.84 Å². The first-order chi connectivity index (χ1) is 9.47. The molecule has 0 spiro atoms. The maximum atomic E-state index is 11.7. The summed E-state index contributed by atoms with van der Waals surface area (Å²) in [6.45, 7) is 0.661. The molecular formula is C15H16ClNO2S. The highest BCUT2D eigenvalue weighted by molar-refractivity contribution is 7.90. The molecule has 0 radical (unpaired) electrons. The fraction of sp³-hybridized carbons (Fsp3) is 0.200. The van der Waals surface area contributed by atoms with Crippen LogP contribution in [-0.4, -0.2) is 21.2 Å². The molecule has 2 rings (SSSR count). The minimum absolute atomic E-state index is 0.330. The highest BCUT2D eigenvalue weighted by Gasteiger charge is 2.11. The van der Waals surface area contributed by atoms with E-state index in [9.17, 15) is 8.42 Å². The number of halogens is 1. The molecule has 0 aromatic heterocycles. The molecule has 0 saturated heterocycles. The van der Waals surface area contributed by atoms with Crippen LogP contribution in [0.25, 0.3) is 0 Å². The zero-order valence-electron chi connectivity index (χ0n) is 11.1. The number of hydrogen-bond donors (Lipinski definition) is 1. The Kier molecular flexibility index (Phi) is 4.68. The van der Waals surface area contributed by atoms with E-state index in [4.69, 9.17) is 11.6 Å². The molecule has 0 heterocycles. The number of nitrogens with one attached hydrogen (secondary N) is 1. The minimum Gasteiger partial charge on any atom is -0.384 e. The Morgan fingerprint density at radius 1 is 1.05 bits per heavy atom. The highest BCUT2D eigenvalue weighted by atomic mass is 35.5. The van der Waals surface area contributed by atoms with Gasteiger partial charge >= 0.3 is 0 Å². The second kappa shape index (κ2) is 6.29. The van der Waals surface area contributed by atoms with Crippen molar-refractivity contribution in [2.75, 3.05) is 18.1 Å². The molecule has 5 heteroatoms. The maximum Gasteiger partial charge on any atom is 0.177 e. The summed E-state index contributed by atoms with van der Waals surface area (Å²) < 4.78 is 23.3. The van der Waals surface area contributed by atoms with Crippen LogP contribution < -0.4 is 5.32 Å². The quantitative estimate of drug-likeness (QED) is 0.921. The number of hydrogen-bond acceptors (Lipinski definition) is 3. The van der Waals surface area contributed by atoms with E-state index in [-0.39, 0.29) is 0 Å². The van der Waals surface area contributed by atoms with Gasteiger partial charge in [0.2, 0.25) is 0 Å². The molecule has 0 aliphatic heterocycles. The standard InChI is InChI=1S/C15H16ClNO2S/c1-20(18,19)15-5-3-2-4-14(15)17-11-10-12-6-8-13(16)9-7-12/h2-9,17H,10-11H2,1H3. The van der Waals surface area contributed by atoms with Crippen LogP contribution in [0.3, 0.4) is 0 Å². The topological polar surface area (TPSA) is 46.2 Å². The van der Waals surface area contributed by atoms with Crippen molar-refractivity contribution >= 4 is 27.1 Å². The third-order valence-electron chi connectivity index (χ3n) is 2.93. The zero-order valence-corrected chi connectivity index (χ0v) is 12.7. The summed E-state index contributed by atoms with van der Waals surface area (Å²) >= 11 is 5.83. The molecule has 0 amide bonds. The van der Waals surface area contributed by atoms with Gasteiger partial charge in [-0.25, -0.2) is 8.42 Å². The zero-order chi connectivity index (χ0) is 14.6. The SMILES string of the molecule is CS(=O)(=O)c1ccccc1NCCc1ccc(Cl)cc1. The van der Waals surface area contributed by atoms with E-state index < -0.39 is 9.84 Å². The Bertz CT molecular complexity index is 681. The van der Waals surface area contributed by atoms with Crippen molar-refractivity contribution in [1.29, 1.82) is 0 Å². The average molecular weight is 310 g/mol. The summed E-state index contributed by atoms with van der Waals surface area (Å²) in [5.41, 5.74) is 1.79. The van der Waals surface area contributed by atoms with E-state index in [2.05, 4.69) is 5.32 Å². The summed E-state index contributed by atoms with van der Waals surface area (Å²) in [6.07, 6.45) is 2.02. The summed E-state index contributed by atoms with van der Waals surface area (Å²) in [7, 11) is -3.21. The van der Waals surface area contributed by atoms with Crippen molar-refractivity contribution in [2.45, 2.75) is 11.3 Å². The largest absolute Gasteiger partial charge is 0.384 e. The molecule has 1 N–H and O–H groups in total. The Morgan fingerprint density at radius 3 is 2.35 bits per heavy atom. The molecule has 20 heavy (non-hydrogen) atoms. The maximum absolute atomic E-state index is 11.7. The second-order valence-corrected chi connectivity index (χ2v) is 6.99. The van der Waals surface area contributed by atoms with Crippen LogP contribution in [0.4, 0.5) is 5.69 Å². The van der Waals surface area contributed by atoms with Crippen LogP contribution in [-0.2, 0) is 16.3 Å². The van der Waals surface area contributed by atoms with Gasteiger partial charge in [-0.3, -0.25) is 0 Å². The van der Waals surface area contributed by atoms with E-state index >= 15 is 0 Å². The van der Waals surface area contributed by atoms with Gasteiger partial charge in [-0.2, -0.15) is 0 Å². The van der Waals surface area contributed by atoms with Gasteiger partial charge in [-0.05, 0) is 36.2 Å². The number of para-hydroxylation sites is 1. The van der Waals surface area contributed by atoms with E-state index in [1.165, 1.54) is 6.26 Å². The predicted molar refractivity (Wildman–Crippen MR) is 83.2 cm³/mol. The van der Waals surface area contributed by atoms with Gasteiger partial charge in [0.25, 0.3) is 0 Å². The molecule has 2 aromatic carbocycles. The molecule has 106 valence electrons. The summed E-state index contributed by atoms with van der Waals surface area (Å²) in [4.78, 5) is 0.330. The van der Waals surface area contributed by atoms with E-state index in [0.29, 0.717) is 22.2 Å². The average Bonchev–Trinajstić information content (AvgIpc) is 2.40. The molecule has 0 aliphatic carbocycles. The van der Waals surface area contributed by atoms with Crippen molar-refractivity contribution in [3.63, 3.8) is 0 Å². The molecule has 0 bridgehead atoms. The van der Waals surface area contributed by atoms with Crippen LogP contribution in [0.1, 0.15) is 5.56 Å². The van der Waals surface area contributed by atoms with Gasteiger partial charge in [0, 0.05) is 17.8 Å². The molecule has 0 atom stereocenters. The molecule has 0 saturated carbocycles. The van der Waals surface area contributed by atoms with Crippen molar-refractivity contribution in [2.24, 2.45) is 0 Å². The van der Waals surface area contributed by atoms with Crippen molar-refractivity contribution in [3.05, 3.63) is 59.1 Å².